The van der Waals surface area contributed by atoms with Crippen LogP contribution in [0, 0.1) is 0 Å². The van der Waals surface area contributed by atoms with E-state index in [0.29, 0.717) is 24.7 Å². The second-order valence-corrected chi connectivity index (χ2v) is 5.19. The van der Waals surface area contributed by atoms with Gasteiger partial charge in [-0.05, 0) is 12.8 Å². The van der Waals surface area contributed by atoms with Gasteiger partial charge in [0.25, 0.3) is 5.91 Å². The highest BCUT2D eigenvalue weighted by Gasteiger charge is 2.37. The van der Waals surface area contributed by atoms with Gasteiger partial charge in [-0.2, -0.15) is 0 Å². The lowest BCUT2D eigenvalue weighted by atomic mass is 9.90. The SMILES string of the molecule is NNc1cnc(C(=O)N2CCOC3CCCCC32)cn1. The maximum absolute atomic E-state index is 12.6. The number of hydrogen-bond donors (Lipinski definition) is 2. The lowest BCUT2D eigenvalue weighted by Crippen LogP contribution is -2.55. The Labute approximate surface area is 117 Å². The summed E-state index contributed by atoms with van der Waals surface area (Å²) in [5.74, 6) is 5.62. The molecule has 1 aliphatic carbocycles. The van der Waals surface area contributed by atoms with Crippen molar-refractivity contribution < 1.29 is 9.53 Å². The topological polar surface area (TPSA) is 93.4 Å². The summed E-state index contributed by atoms with van der Waals surface area (Å²) in [5.41, 5.74) is 2.76. The fourth-order valence-electron chi connectivity index (χ4n) is 3.01. The average Bonchev–Trinajstić information content (AvgIpc) is 2.54. The van der Waals surface area contributed by atoms with Crippen molar-refractivity contribution in [2.45, 2.75) is 37.8 Å². The van der Waals surface area contributed by atoms with Gasteiger partial charge in [0.05, 0.1) is 31.1 Å². The summed E-state index contributed by atoms with van der Waals surface area (Å²) in [5, 5.41) is 0. The molecule has 2 atom stereocenters. The highest BCUT2D eigenvalue weighted by atomic mass is 16.5. The molecule has 1 aromatic rings. The molecular formula is C13H19N5O2. The number of ether oxygens (including phenoxy) is 1. The summed E-state index contributed by atoms with van der Waals surface area (Å²) in [6.07, 6.45) is 7.48. The number of morpholine rings is 1. The third-order valence-corrected chi connectivity index (χ3v) is 4.01. The van der Waals surface area contributed by atoms with Crippen molar-refractivity contribution in [1.82, 2.24) is 14.9 Å². The Morgan fingerprint density at radius 1 is 1.35 bits per heavy atom. The summed E-state index contributed by atoms with van der Waals surface area (Å²) in [4.78, 5) is 22.6. The van der Waals surface area contributed by atoms with Gasteiger partial charge < -0.3 is 15.1 Å². The number of fused-ring (bicyclic) bond motifs is 1. The van der Waals surface area contributed by atoms with E-state index in [4.69, 9.17) is 10.6 Å². The average molecular weight is 277 g/mol. The largest absolute Gasteiger partial charge is 0.374 e. The van der Waals surface area contributed by atoms with Gasteiger partial charge in [-0.15, -0.1) is 0 Å². The normalized spacial score (nSPS) is 25.9. The molecule has 108 valence electrons. The van der Waals surface area contributed by atoms with Crippen LogP contribution in [-0.4, -0.2) is 46.1 Å². The summed E-state index contributed by atoms with van der Waals surface area (Å²) in [7, 11) is 0. The molecule has 0 bridgehead atoms. The van der Waals surface area contributed by atoms with E-state index >= 15 is 0 Å². The molecule has 0 radical (unpaired) electrons. The molecule has 0 aromatic carbocycles. The van der Waals surface area contributed by atoms with Gasteiger partial charge in [0.2, 0.25) is 0 Å². The molecule has 2 heterocycles. The first kappa shape index (κ1) is 13.3. The van der Waals surface area contributed by atoms with Crippen molar-refractivity contribution in [2.75, 3.05) is 18.6 Å². The van der Waals surface area contributed by atoms with E-state index in [1.165, 1.54) is 18.8 Å². The summed E-state index contributed by atoms with van der Waals surface area (Å²) in [6, 6.07) is 0.180. The fourth-order valence-corrected chi connectivity index (χ4v) is 3.01. The maximum Gasteiger partial charge on any atom is 0.274 e. The van der Waals surface area contributed by atoms with E-state index in [1.807, 2.05) is 4.90 Å². The fraction of sp³-hybridized carbons (Fsp3) is 0.615. The van der Waals surface area contributed by atoms with Gasteiger partial charge in [0.1, 0.15) is 5.69 Å². The second-order valence-electron chi connectivity index (χ2n) is 5.19. The standard InChI is InChI=1S/C13H19N5O2/c14-17-12-8-15-9(7-16-12)13(19)18-5-6-20-11-4-2-1-3-10(11)18/h7-8,10-11H,1-6,14H2,(H,16,17). The predicted octanol–water partition coefficient (Wildman–Crippen LogP) is 0.546. The van der Waals surface area contributed by atoms with Gasteiger partial charge in [-0.3, -0.25) is 4.79 Å². The minimum atomic E-state index is -0.0683. The number of amides is 1. The number of nitrogens with zero attached hydrogens (tertiary/aromatic N) is 3. The van der Waals surface area contributed by atoms with Crippen LogP contribution in [0.4, 0.5) is 5.82 Å². The van der Waals surface area contributed by atoms with E-state index in [1.54, 1.807) is 0 Å². The van der Waals surface area contributed by atoms with Crippen LogP contribution in [0.1, 0.15) is 36.2 Å². The van der Waals surface area contributed by atoms with E-state index in [9.17, 15) is 4.79 Å². The summed E-state index contributed by atoms with van der Waals surface area (Å²) < 4.78 is 5.78. The Balaban J connectivity index is 1.77. The van der Waals surface area contributed by atoms with Crippen LogP contribution in [0.2, 0.25) is 0 Å². The van der Waals surface area contributed by atoms with Crippen LogP contribution in [0.25, 0.3) is 0 Å². The quantitative estimate of drug-likeness (QED) is 0.605. The Morgan fingerprint density at radius 3 is 2.95 bits per heavy atom. The van der Waals surface area contributed by atoms with Crippen molar-refractivity contribution >= 4 is 11.7 Å². The molecule has 1 saturated heterocycles. The molecule has 1 aromatic heterocycles. The molecule has 2 aliphatic rings. The minimum Gasteiger partial charge on any atom is -0.374 e. The van der Waals surface area contributed by atoms with Crippen molar-refractivity contribution in [3.63, 3.8) is 0 Å². The number of hydrazine groups is 1. The lowest BCUT2D eigenvalue weighted by Gasteiger charge is -2.43. The van der Waals surface area contributed by atoms with Crippen molar-refractivity contribution in [1.29, 1.82) is 0 Å². The minimum absolute atomic E-state index is 0.0683. The molecule has 1 amide bonds. The molecule has 3 N–H and O–H groups in total. The maximum atomic E-state index is 12.6. The molecule has 7 nitrogen and oxygen atoms in total. The number of nitrogens with two attached hydrogens (primary N) is 1. The molecule has 2 unspecified atom stereocenters. The van der Waals surface area contributed by atoms with Gasteiger partial charge >= 0.3 is 0 Å². The van der Waals surface area contributed by atoms with Crippen LogP contribution in [0.3, 0.4) is 0 Å². The summed E-state index contributed by atoms with van der Waals surface area (Å²) >= 11 is 0. The lowest BCUT2D eigenvalue weighted by molar-refractivity contribution is -0.0754. The van der Waals surface area contributed by atoms with E-state index in [2.05, 4.69) is 15.4 Å². The van der Waals surface area contributed by atoms with Crippen molar-refractivity contribution in [2.24, 2.45) is 5.84 Å². The Kier molecular flexibility index (Phi) is 3.79. The second kappa shape index (κ2) is 5.72. The Morgan fingerprint density at radius 2 is 2.20 bits per heavy atom. The Hall–Kier alpha value is -1.73. The van der Waals surface area contributed by atoms with Gasteiger partial charge in [0, 0.05) is 6.54 Å². The van der Waals surface area contributed by atoms with Crippen LogP contribution >= 0.6 is 0 Å². The molecule has 20 heavy (non-hydrogen) atoms. The molecule has 0 spiro atoms. The number of carbonyl (C=O) groups excluding carboxylic acids is 1. The number of carbonyl (C=O) groups is 1. The first-order chi connectivity index (χ1) is 9.79. The smallest absolute Gasteiger partial charge is 0.274 e. The van der Waals surface area contributed by atoms with Crippen LogP contribution in [0.15, 0.2) is 12.4 Å². The molecule has 1 aliphatic heterocycles. The Bertz CT molecular complexity index is 476. The zero-order valence-electron chi connectivity index (χ0n) is 11.3. The predicted molar refractivity (Wildman–Crippen MR) is 72.9 cm³/mol. The zero-order valence-corrected chi connectivity index (χ0v) is 11.3. The highest BCUT2D eigenvalue weighted by Crippen LogP contribution is 2.29. The first-order valence-electron chi connectivity index (χ1n) is 7.01. The third-order valence-electron chi connectivity index (χ3n) is 4.01. The van der Waals surface area contributed by atoms with Crippen LogP contribution in [0.5, 0.6) is 0 Å². The number of rotatable bonds is 2. The van der Waals surface area contributed by atoms with Crippen LogP contribution in [-0.2, 0) is 4.74 Å². The monoisotopic (exact) mass is 277 g/mol. The van der Waals surface area contributed by atoms with Crippen molar-refractivity contribution in [3.8, 4) is 0 Å². The summed E-state index contributed by atoms with van der Waals surface area (Å²) in [6.45, 7) is 1.22. The molecule has 1 saturated carbocycles. The number of anilines is 1. The van der Waals surface area contributed by atoms with E-state index in [0.717, 1.165) is 19.3 Å². The molecule has 2 fully saturated rings. The molecular weight excluding hydrogens is 258 g/mol. The number of nitrogen functional groups attached to an aromatic ring is 1. The number of hydrogen-bond acceptors (Lipinski definition) is 6. The third kappa shape index (κ3) is 2.46. The zero-order chi connectivity index (χ0) is 13.9. The van der Waals surface area contributed by atoms with E-state index in [-0.39, 0.29) is 18.1 Å². The van der Waals surface area contributed by atoms with Crippen molar-refractivity contribution in [3.05, 3.63) is 18.1 Å². The number of nitrogens with one attached hydrogen (secondary N) is 1. The molecule has 7 heteroatoms. The first-order valence-corrected chi connectivity index (χ1v) is 7.01. The van der Waals surface area contributed by atoms with E-state index < -0.39 is 0 Å². The van der Waals surface area contributed by atoms with Gasteiger partial charge in [0.15, 0.2) is 5.82 Å². The van der Waals surface area contributed by atoms with Crippen LogP contribution < -0.4 is 11.3 Å². The van der Waals surface area contributed by atoms with Gasteiger partial charge in [-0.25, -0.2) is 15.8 Å². The molecule has 3 rings (SSSR count). The highest BCUT2D eigenvalue weighted by molar-refractivity contribution is 5.92. The van der Waals surface area contributed by atoms with Gasteiger partial charge in [-0.1, -0.05) is 12.8 Å². The number of aromatic nitrogens is 2.